The van der Waals surface area contributed by atoms with Gasteiger partial charge in [-0.05, 0) is 24.2 Å². The van der Waals surface area contributed by atoms with Crippen LogP contribution in [0.3, 0.4) is 0 Å². The minimum Gasteiger partial charge on any atom is -0.453 e. The Labute approximate surface area is 89.2 Å². The number of rotatable bonds is 1. The lowest BCUT2D eigenvalue weighted by Gasteiger charge is -2.51. The van der Waals surface area contributed by atoms with Crippen LogP contribution in [0.1, 0.15) is 6.42 Å². The van der Waals surface area contributed by atoms with Crippen LogP contribution in [0.25, 0.3) is 0 Å². The molecule has 1 fully saturated rings. The van der Waals surface area contributed by atoms with Crippen molar-refractivity contribution in [3.05, 3.63) is 24.3 Å². The van der Waals surface area contributed by atoms with Crippen LogP contribution in [0.4, 0.5) is 4.79 Å². The molecule has 0 unspecified atom stereocenters. The zero-order valence-electron chi connectivity index (χ0n) is 8.72. The summed E-state index contributed by atoms with van der Waals surface area (Å²) in [5, 5.41) is 2.94. The second-order valence-corrected chi connectivity index (χ2v) is 4.64. The SMILES string of the molecule is COC(=O)N[C@H]1C[C@H]2C=C[C@@H]1[C@H]1C=C[C@@H]12. The van der Waals surface area contributed by atoms with E-state index in [2.05, 4.69) is 34.4 Å². The normalized spacial score (nSPS) is 44.5. The van der Waals surface area contributed by atoms with E-state index in [1.165, 1.54) is 7.11 Å². The van der Waals surface area contributed by atoms with Crippen LogP contribution in [0.2, 0.25) is 0 Å². The largest absolute Gasteiger partial charge is 0.453 e. The number of hydrogen-bond donors (Lipinski definition) is 1. The van der Waals surface area contributed by atoms with E-state index in [1.807, 2.05) is 0 Å². The first-order valence-corrected chi connectivity index (χ1v) is 5.51. The molecule has 0 aromatic heterocycles. The van der Waals surface area contributed by atoms with Crippen molar-refractivity contribution in [1.29, 1.82) is 0 Å². The topological polar surface area (TPSA) is 38.3 Å². The van der Waals surface area contributed by atoms with Crippen LogP contribution in [0, 0.1) is 23.7 Å². The maximum absolute atomic E-state index is 11.2. The zero-order chi connectivity index (χ0) is 10.4. The highest BCUT2D eigenvalue weighted by Crippen LogP contribution is 2.50. The molecule has 3 nitrogen and oxygen atoms in total. The third kappa shape index (κ3) is 1.22. The maximum atomic E-state index is 11.2. The Morgan fingerprint density at radius 1 is 1.20 bits per heavy atom. The summed E-state index contributed by atoms with van der Waals surface area (Å²) in [7, 11) is 1.41. The number of hydrogen-bond acceptors (Lipinski definition) is 2. The van der Waals surface area contributed by atoms with Gasteiger partial charge in [0.15, 0.2) is 0 Å². The average Bonchev–Trinajstić information content (AvgIpc) is 2.18. The quantitative estimate of drug-likeness (QED) is 0.662. The van der Waals surface area contributed by atoms with Gasteiger partial charge in [0.2, 0.25) is 0 Å². The number of carbonyl (C=O) groups excluding carboxylic acids is 1. The fraction of sp³-hybridized carbons (Fsp3) is 0.583. The van der Waals surface area contributed by atoms with Crippen molar-refractivity contribution in [3.8, 4) is 0 Å². The maximum Gasteiger partial charge on any atom is 0.407 e. The fourth-order valence-electron chi connectivity index (χ4n) is 3.16. The Morgan fingerprint density at radius 2 is 1.93 bits per heavy atom. The van der Waals surface area contributed by atoms with Gasteiger partial charge in [0.25, 0.3) is 0 Å². The van der Waals surface area contributed by atoms with E-state index in [9.17, 15) is 4.79 Å². The minimum absolute atomic E-state index is 0.263. The van der Waals surface area contributed by atoms with Crippen LogP contribution in [-0.4, -0.2) is 19.2 Å². The Bertz CT molecular complexity index is 348. The molecule has 1 N–H and O–H groups in total. The third-order valence-corrected chi connectivity index (χ3v) is 4.00. The van der Waals surface area contributed by atoms with Crippen molar-refractivity contribution < 1.29 is 9.53 Å². The second kappa shape index (κ2) is 3.12. The van der Waals surface area contributed by atoms with Gasteiger partial charge in [0.05, 0.1) is 7.11 Å². The molecular weight excluding hydrogens is 190 g/mol. The number of ether oxygens (including phenoxy) is 1. The van der Waals surface area contributed by atoms with Crippen LogP contribution in [0.15, 0.2) is 24.3 Å². The molecule has 0 aliphatic heterocycles. The number of nitrogens with one attached hydrogen (secondary N) is 1. The zero-order valence-corrected chi connectivity index (χ0v) is 8.72. The molecule has 0 saturated heterocycles. The summed E-state index contributed by atoms with van der Waals surface area (Å²) in [5.41, 5.74) is 0. The fourth-order valence-corrected chi connectivity index (χ4v) is 3.16. The second-order valence-electron chi connectivity index (χ2n) is 4.64. The van der Waals surface area contributed by atoms with Crippen LogP contribution in [-0.2, 0) is 4.74 Å². The Kier molecular flexibility index (Phi) is 1.87. The van der Waals surface area contributed by atoms with E-state index in [1.54, 1.807) is 0 Å². The molecule has 0 heterocycles. The average molecular weight is 205 g/mol. The van der Waals surface area contributed by atoms with Gasteiger partial charge in [-0.25, -0.2) is 4.79 Å². The minimum atomic E-state index is -0.305. The van der Waals surface area contributed by atoms with E-state index in [-0.39, 0.29) is 12.1 Å². The summed E-state index contributed by atoms with van der Waals surface area (Å²) in [4.78, 5) is 11.2. The molecule has 0 radical (unpaired) electrons. The first-order valence-electron chi connectivity index (χ1n) is 5.51. The Balaban J connectivity index is 1.76. The van der Waals surface area contributed by atoms with Gasteiger partial charge in [-0.2, -0.15) is 0 Å². The van der Waals surface area contributed by atoms with Gasteiger partial charge >= 0.3 is 6.09 Å². The number of amides is 1. The molecule has 15 heavy (non-hydrogen) atoms. The number of fused-ring (bicyclic) bond motifs is 1. The van der Waals surface area contributed by atoms with Gasteiger partial charge in [0, 0.05) is 12.0 Å². The van der Waals surface area contributed by atoms with Crippen molar-refractivity contribution in [3.63, 3.8) is 0 Å². The van der Waals surface area contributed by atoms with E-state index in [4.69, 9.17) is 0 Å². The highest BCUT2D eigenvalue weighted by atomic mass is 16.5. The molecule has 1 amide bonds. The number of alkyl carbamates (subject to hydrolysis) is 1. The molecule has 4 aliphatic rings. The van der Waals surface area contributed by atoms with Crippen molar-refractivity contribution in [2.24, 2.45) is 23.7 Å². The van der Waals surface area contributed by atoms with Gasteiger partial charge < -0.3 is 10.1 Å². The van der Waals surface area contributed by atoms with Gasteiger partial charge in [-0.15, -0.1) is 0 Å². The van der Waals surface area contributed by atoms with Gasteiger partial charge in [-0.1, -0.05) is 24.3 Å². The van der Waals surface area contributed by atoms with Crippen LogP contribution in [0.5, 0.6) is 0 Å². The number of methoxy groups -OCH3 is 1. The summed E-state index contributed by atoms with van der Waals surface area (Å²) in [5.74, 6) is 2.47. The molecule has 1 saturated carbocycles. The summed E-state index contributed by atoms with van der Waals surface area (Å²) >= 11 is 0. The van der Waals surface area contributed by atoms with Crippen molar-refractivity contribution in [1.82, 2.24) is 5.32 Å². The predicted molar refractivity (Wildman–Crippen MR) is 56.2 cm³/mol. The van der Waals surface area contributed by atoms with Crippen molar-refractivity contribution >= 4 is 6.09 Å². The van der Waals surface area contributed by atoms with Crippen LogP contribution >= 0.6 is 0 Å². The summed E-state index contributed by atoms with van der Waals surface area (Å²) in [6.45, 7) is 0. The molecule has 80 valence electrons. The molecule has 2 bridgehead atoms. The monoisotopic (exact) mass is 205 g/mol. The molecular formula is C12H15NO2. The van der Waals surface area contributed by atoms with E-state index >= 15 is 0 Å². The molecule has 3 heteroatoms. The molecule has 0 spiro atoms. The molecule has 0 aromatic carbocycles. The lowest BCUT2D eigenvalue weighted by atomic mass is 9.56. The summed E-state index contributed by atoms with van der Waals surface area (Å²) < 4.78 is 4.65. The van der Waals surface area contributed by atoms with Crippen molar-refractivity contribution in [2.75, 3.05) is 7.11 Å². The first-order chi connectivity index (χ1) is 7.29. The smallest absolute Gasteiger partial charge is 0.407 e. The Morgan fingerprint density at radius 3 is 2.53 bits per heavy atom. The number of allylic oxidation sites excluding steroid dienone is 3. The third-order valence-electron chi connectivity index (χ3n) is 4.00. The number of carbonyl (C=O) groups is 1. The lowest BCUT2D eigenvalue weighted by molar-refractivity contribution is 0.113. The lowest BCUT2D eigenvalue weighted by Crippen LogP contribution is -2.53. The first kappa shape index (κ1) is 9.01. The van der Waals surface area contributed by atoms with E-state index < -0.39 is 0 Å². The van der Waals surface area contributed by atoms with Gasteiger partial charge in [0.1, 0.15) is 0 Å². The Hall–Kier alpha value is -1.25. The molecule has 0 aromatic rings. The highest BCUT2D eigenvalue weighted by molar-refractivity contribution is 5.67. The summed E-state index contributed by atoms with van der Waals surface area (Å²) in [6.07, 6.45) is 9.91. The van der Waals surface area contributed by atoms with Crippen LogP contribution < -0.4 is 5.32 Å². The standard InChI is InChI=1S/C12H15NO2/c1-15-12(14)13-11-6-7-2-3-10(11)9-5-4-8(7)9/h2-5,7-11H,6H2,1H3,(H,13,14)/t7-,8-,9+,10-,11+/m1/s1. The highest BCUT2D eigenvalue weighted by Gasteiger charge is 2.47. The van der Waals surface area contributed by atoms with Crippen molar-refractivity contribution in [2.45, 2.75) is 12.5 Å². The van der Waals surface area contributed by atoms with E-state index in [0.29, 0.717) is 17.8 Å². The molecule has 4 aliphatic carbocycles. The van der Waals surface area contributed by atoms with E-state index in [0.717, 1.165) is 12.3 Å². The summed E-state index contributed by atoms with van der Waals surface area (Å²) in [6, 6.07) is 0.263. The molecule has 5 atom stereocenters. The molecule has 4 rings (SSSR count). The predicted octanol–water partition coefficient (Wildman–Crippen LogP) is 1.72. The van der Waals surface area contributed by atoms with Gasteiger partial charge in [-0.3, -0.25) is 0 Å².